The lowest BCUT2D eigenvalue weighted by Crippen LogP contribution is -2.12. The molecule has 112 valence electrons. The van der Waals surface area contributed by atoms with Gasteiger partial charge in [0.1, 0.15) is 10.8 Å². The maximum absolute atomic E-state index is 12.9. The van der Waals surface area contributed by atoms with Gasteiger partial charge in [-0.3, -0.25) is 4.79 Å². The van der Waals surface area contributed by atoms with Crippen molar-refractivity contribution < 1.29 is 9.18 Å². The molecule has 1 amide bonds. The fourth-order valence-corrected chi connectivity index (χ4v) is 3.41. The van der Waals surface area contributed by atoms with Gasteiger partial charge < -0.3 is 11.1 Å². The molecule has 0 bridgehead atoms. The van der Waals surface area contributed by atoms with Gasteiger partial charge in [-0.05, 0) is 31.5 Å². The highest BCUT2D eigenvalue weighted by atomic mass is 32.2. The molecule has 21 heavy (non-hydrogen) atoms. The fourth-order valence-electron chi connectivity index (χ4n) is 1.59. The van der Waals surface area contributed by atoms with E-state index in [-0.39, 0.29) is 11.6 Å². The van der Waals surface area contributed by atoms with Crippen LogP contribution in [0.1, 0.15) is 17.8 Å². The van der Waals surface area contributed by atoms with Crippen LogP contribution in [0.4, 0.5) is 15.8 Å². The highest BCUT2D eigenvalue weighted by Gasteiger charge is 2.07. The summed E-state index contributed by atoms with van der Waals surface area (Å²) in [6.45, 7) is 1.91. The smallest absolute Gasteiger partial charge is 0.224 e. The van der Waals surface area contributed by atoms with Crippen LogP contribution in [0.3, 0.4) is 0 Å². The number of nitrogens with zero attached hydrogens (tertiary/aromatic N) is 2. The second-order valence-electron chi connectivity index (χ2n) is 4.32. The lowest BCUT2D eigenvalue weighted by molar-refractivity contribution is -0.116. The molecule has 2 aromatic rings. The Morgan fingerprint density at radius 2 is 2.29 bits per heavy atom. The lowest BCUT2D eigenvalue weighted by atomic mass is 10.2. The third-order valence-electron chi connectivity index (χ3n) is 2.57. The van der Waals surface area contributed by atoms with Gasteiger partial charge >= 0.3 is 0 Å². The maximum atomic E-state index is 12.9. The van der Waals surface area contributed by atoms with Gasteiger partial charge in [0.2, 0.25) is 5.91 Å². The quantitative estimate of drug-likeness (QED) is 0.484. The van der Waals surface area contributed by atoms with Gasteiger partial charge in [0, 0.05) is 12.2 Å². The molecule has 1 aromatic carbocycles. The van der Waals surface area contributed by atoms with Crippen molar-refractivity contribution in [2.75, 3.05) is 16.8 Å². The highest BCUT2D eigenvalue weighted by molar-refractivity contribution is 8.01. The summed E-state index contributed by atoms with van der Waals surface area (Å²) in [6, 6.07) is 3.91. The summed E-state index contributed by atoms with van der Waals surface area (Å²) in [5, 5.41) is 11.5. The molecule has 0 saturated heterocycles. The SMILES string of the molecule is Cc1nnc(SCCCC(=O)Nc2ccc(F)cc2N)s1. The van der Waals surface area contributed by atoms with Crippen molar-refractivity contribution in [1.29, 1.82) is 0 Å². The maximum Gasteiger partial charge on any atom is 0.224 e. The number of carbonyl (C=O) groups excluding carboxylic acids is 1. The van der Waals surface area contributed by atoms with E-state index in [1.807, 2.05) is 6.92 Å². The van der Waals surface area contributed by atoms with E-state index in [1.54, 1.807) is 23.1 Å². The Bertz CT molecular complexity index is 632. The molecule has 0 aliphatic carbocycles. The van der Waals surface area contributed by atoms with Gasteiger partial charge in [-0.2, -0.15) is 0 Å². The van der Waals surface area contributed by atoms with Crippen molar-refractivity contribution in [3.63, 3.8) is 0 Å². The monoisotopic (exact) mass is 326 g/mol. The molecular weight excluding hydrogens is 311 g/mol. The van der Waals surface area contributed by atoms with Gasteiger partial charge in [0.25, 0.3) is 0 Å². The largest absolute Gasteiger partial charge is 0.397 e. The second kappa shape index (κ2) is 7.37. The number of nitrogen functional groups attached to an aromatic ring is 1. The molecule has 0 fully saturated rings. The molecule has 1 aromatic heterocycles. The Morgan fingerprint density at radius 3 is 2.95 bits per heavy atom. The first-order chi connectivity index (χ1) is 10.0. The third-order valence-corrected chi connectivity index (χ3v) is 4.63. The molecule has 0 aliphatic heterocycles. The molecule has 0 unspecified atom stereocenters. The Balaban J connectivity index is 1.72. The third kappa shape index (κ3) is 4.98. The van der Waals surface area contributed by atoms with Crippen LogP contribution < -0.4 is 11.1 Å². The summed E-state index contributed by atoms with van der Waals surface area (Å²) in [5.41, 5.74) is 6.29. The number of aromatic nitrogens is 2. The van der Waals surface area contributed by atoms with Crippen molar-refractivity contribution in [2.45, 2.75) is 24.1 Å². The highest BCUT2D eigenvalue weighted by Crippen LogP contribution is 2.23. The van der Waals surface area contributed by atoms with Crippen LogP contribution >= 0.6 is 23.1 Å². The number of nitrogens with one attached hydrogen (secondary N) is 1. The van der Waals surface area contributed by atoms with Crippen molar-refractivity contribution in [2.24, 2.45) is 0 Å². The Labute approximate surface area is 130 Å². The van der Waals surface area contributed by atoms with E-state index in [4.69, 9.17) is 5.73 Å². The number of amides is 1. The van der Waals surface area contributed by atoms with Crippen LogP contribution in [0, 0.1) is 12.7 Å². The number of carbonyl (C=O) groups is 1. The minimum absolute atomic E-state index is 0.137. The average molecular weight is 326 g/mol. The first-order valence-electron chi connectivity index (χ1n) is 6.32. The van der Waals surface area contributed by atoms with Crippen LogP contribution in [-0.2, 0) is 4.79 Å². The Kier molecular flexibility index (Phi) is 5.51. The van der Waals surface area contributed by atoms with Crippen molar-refractivity contribution >= 4 is 40.4 Å². The van der Waals surface area contributed by atoms with Crippen LogP contribution in [0.2, 0.25) is 0 Å². The molecule has 0 saturated carbocycles. The summed E-state index contributed by atoms with van der Waals surface area (Å²) in [5.74, 6) is 0.234. The average Bonchev–Trinajstić information content (AvgIpc) is 2.84. The lowest BCUT2D eigenvalue weighted by Gasteiger charge is -2.07. The molecular formula is C13H15FN4OS2. The van der Waals surface area contributed by atoms with Crippen LogP contribution in [-0.4, -0.2) is 21.9 Å². The molecule has 8 heteroatoms. The van der Waals surface area contributed by atoms with Crippen LogP contribution in [0.25, 0.3) is 0 Å². The summed E-state index contributed by atoms with van der Waals surface area (Å²) in [6.07, 6.45) is 1.10. The van der Waals surface area contributed by atoms with E-state index in [0.29, 0.717) is 12.1 Å². The summed E-state index contributed by atoms with van der Waals surface area (Å²) in [7, 11) is 0. The van der Waals surface area contributed by atoms with Crippen LogP contribution in [0.5, 0.6) is 0 Å². The fraction of sp³-hybridized carbons (Fsp3) is 0.308. The Hall–Kier alpha value is -1.67. The van der Waals surface area contributed by atoms with E-state index >= 15 is 0 Å². The van der Waals surface area contributed by atoms with Crippen molar-refractivity contribution in [1.82, 2.24) is 10.2 Å². The van der Waals surface area contributed by atoms with E-state index in [2.05, 4.69) is 15.5 Å². The second-order valence-corrected chi connectivity index (χ2v) is 6.84. The minimum atomic E-state index is -0.422. The number of thioether (sulfide) groups is 1. The van der Waals surface area contributed by atoms with E-state index in [1.165, 1.54) is 18.2 Å². The molecule has 3 N–H and O–H groups in total. The summed E-state index contributed by atoms with van der Waals surface area (Å²) in [4.78, 5) is 11.8. The number of halogens is 1. The van der Waals surface area contributed by atoms with Crippen molar-refractivity contribution in [3.8, 4) is 0 Å². The standard InChI is InChI=1S/C13H15FN4OS2/c1-8-17-18-13(21-8)20-6-2-3-12(19)16-11-5-4-9(14)7-10(11)15/h4-5,7H,2-3,6,15H2,1H3,(H,16,19). The van der Waals surface area contributed by atoms with Gasteiger partial charge in [0.05, 0.1) is 11.4 Å². The number of hydrogen-bond acceptors (Lipinski definition) is 6. The molecule has 0 atom stereocenters. The predicted molar refractivity (Wildman–Crippen MR) is 84.0 cm³/mol. The first-order valence-corrected chi connectivity index (χ1v) is 8.12. The van der Waals surface area contributed by atoms with E-state index in [9.17, 15) is 9.18 Å². The topological polar surface area (TPSA) is 80.9 Å². The van der Waals surface area contributed by atoms with Crippen LogP contribution in [0.15, 0.2) is 22.5 Å². The number of rotatable bonds is 6. The Morgan fingerprint density at radius 1 is 1.48 bits per heavy atom. The van der Waals surface area contributed by atoms with Crippen molar-refractivity contribution in [3.05, 3.63) is 29.0 Å². The molecule has 0 radical (unpaired) electrons. The number of hydrogen-bond donors (Lipinski definition) is 2. The van der Waals surface area contributed by atoms with E-state index < -0.39 is 5.82 Å². The predicted octanol–water partition coefficient (Wildman–Crippen LogP) is 3.08. The normalized spacial score (nSPS) is 10.6. The minimum Gasteiger partial charge on any atom is -0.397 e. The molecule has 0 aliphatic rings. The van der Waals surface area contributed by atoms with Gasteiger partial charge in [-0.15, -0.1) is 10.2 Å². The first kappa shape index (κ1) is 15.7. The molecule has 2 rings (SSSR count). The molecule has 1 heterocycles. The van der Waals surface area contributed by atoms with Gasteiger partial charge in [-0.25, -0.2) is 4.39 Å². The molecule has 5 nitrogen and oxygen atoms in total. The zero-order valence-corrected chi connectivity index (χ0v) is 13.1. The van der Waals surface area contributed by atoms with Gasteiger partial charge in [0.15, 0.2) is 4.34 Å². The molecule has 0 spiro atoms. The number of nitrogens with two attached hydrogens (primary N) is 1. The number of anilines is 2. The summed E-state index contributed by atoms with van der Waals surface area (Å²) < 4.78 is 13.8. The van der Waals surface area contributed by atoms with Gasteiger partial charge in [-0.1, -0.05) is 23.1 Å². The number of aryl methyl sites for hydroxylation is 1. The number of benzene rings is 1. The zero-order valence-electron chi connectivity index (χ0n) is 11.4. The summed E-state index contributed by atoms with van der Waals surface area (Å²) >= 11 is 3.13. The zero-order chi connectivity index (χ0) is 15.2. The van der Waals surface area contributed by atoms with E-state index in [0.717, 1.165) is 21.5 Å².